The molecule has 0 spiro atoms. The number of phenols is 1. The maximum absolute atomic E-state index is 9.27. The van der Waals surface area contributed by atoms with Gasteiger partial charge in [0.05, 0.1) is 0 Å². The Kier molecular flexibility index (Phi) is 4.75. The average molecular weight is 302 g/mol. The van der Waals surface area contributed by atoms with E-state index in [9.17, 15) is 5.11 Å². The van der Waals surface area contributed by atoms with Gasteiger partial charge in [0.25, 0.3) is 0 Å². The lowest BCUT2D eigenvalue weighted by molar-refractivity contribution is 0.306. The van der Waals surface area contributed by atoms with Gasteiger partial charge in [0.15, 0.2) is 0 Å². The van der Waals surface area contributed by atoms with Crippen molar-refractivity contribution < 1.29 is 9.84 Å². The molecule has 3 aromatic rings. The first-order valence-corrected chi connectivity index (χ1v) is 7.53. The molecule has 0 unspecified atom stereocenters. The Labute approximate surface area is 136 Å². The molecular formula is C21H18O2. The molecule has 2 nitrogen and oxygen atoms in total. The van der Waals surface area contributed by atoms with E-state index in [0.29, 0.717) is 6.61 Å². The maximum Gasteiger partial charge on any atom is 0.119 e. The molecule has 23 heavy (non-hydrogen) atoms. The van der Waals surface area contributed by atoms with Crippen LogP contribution in [0.2, 0.25) is 0 Å². The van der Waals surface area contributed by atoms with E-state index in [0.717, 1.165) is 22.4 Å². The second-order valence-corrected chi connectivity index (χ2v) is 5.27. The monoisotopic (exact) mass is 302 g/mol. The summed E-state index contributed by atoms with van der Waals surface area (Å²) in [6.07, 6.45) is 4.05. The summed E-state index contributed by atoms with van der Waals surface area (Å²) in [5, 5.41) is 9.27. The third-order valence-corrected chi connectivity index (χ3v) is 3.49. The van der Waals surface area contributed by atoms with Crippen LogP contribution in [0.5, 0.6) is 11.5 Å². The zero-order valence-corrected chi connectivity index (χ0v) is 12.7. The number of aromatic hydroxyl groups is 1. The van der Waals surface area contributed by atoms with E-state index in [-0.39, 0.29) is 5.75 Å². The number of hydrogen-bond acceptors (Lipinski definition) is 2. The summed E-state index contributed by atoms with van der Waals surface area (Å²) in [6.45, 7) is 0.573. The van der Waals surface area contributed by atoms with Gasteiger partial charge in [0.1, 0.15) is 18.1 Å². The van der Waals surface area contributed by atoms with E-state index in [4.69, 9.17) is 4.74 Å². The summed E-state index contributed by atoms with van der Waals surface area (Å²) in [4.78, 5) is 0. The molecule has 0 saturated carbocycles. The van der Waals surface area contributed by atoms with Gasteiger partial charge in [-0.3, -0.25) is 0 Å². The Morgan fingerprint density at radius 2 is 1.26 bits per heavy atom. The molecule has 0 heterocycles. The standard InChI is InChI=1S/C21H18O2/c22-20-12-8-17(9-13-20)6-7-18-10-14-21(15-11-18)23-16-19-4-2-1-3-5-19/h1-15,22H,16H2. The number of benzene rings is 3. The first-order valence-electron chi connectivity index (χ1n) is 7.53. The van der Waals surface area contributed by atoms with Gasteiger partial charge in [0.2, 0.25) is 0 Å². The maximum atomic E-state index is 9.27. The van der Waals surface area contributed by atoms with Crippen molar-refractivity contribution >= 4 is 12.2 Å². The van der Waals surface area contributed by atoms with Gasteiger partial charge in [-0.25, -0.2) is 0 Å². The molecule has 114 valence electrons. The lowest BCUT2D eigenvalue weighted by Gasteiger charge is -2.06. The Morgan fingerprint density at radius 3 is 1.87 bits per heavy atom. The summed E-state index contributed by atoms with van der Waals surface area (Å²) < 4.78 is 5.77. The van der Waals surface area contributed by atoms with E-state index in [1.165, 1.54) is 0 Å². The lowest BCUT2D eigenvalue weighted by atomic mass is 10.1. The van der Waals surface area contributed by atoms with Crippen molar-refractivity contribution in [3.05, 3.63) is 95.6 Å². The van der Waals surface area contributed by atoms with Crippen molar-refractivity contribution in [2.75, 3.05) is 0 Å². The van der Waals surface area contributed by atoms with Gasteiger partial charge in [-0.05, 0) is 41.0 Å². The van der Waals surface area contributed by atoms with Crippen LogP contribution in [0.3, 0.4) is 0 Å². The van der Waals surface area contributed by atoms with Crippen molar-refractivity contribution in [2.24, 2.45) is 0 Å². The van der Waals surface area contributed by atoms with E-state index >= 15 is 0 Å². The quantitative estimate of drug-likeness (QED) is 0.661. The van der Waals surface area contributed by atoms with Crippen molar-refractivity contribution in [3.8, 4) is 11.5 Å². The molecule has 0 fully saturated rings. The summed E-state index contributed by atoms with van der Waals surface area (Å²) >= 11 is 0. The van der Waals surface area contributed by atoms with Crippen LogP contribution in [0.1, 0.15) is 16.7 Å². The Hall–Kier alpha value is -3.00. The highest BCUT2D eigenvalue weighted by Gasteiger charge is 1.96. The second-order valence-electron chi connectivity index (χ2n) is 5.27. The lowest BCUT2D eigenvalue weighted by Crippen LogP contribution is -1.94. The van der Waals surface area contributed by atoms with Gasteiger partial charge in [0, 0.05) is 0 Å². The Morgan fingerprint density at radius 1 is 0.696 bits per heavy atom. The fourth-order valence-corrected chi connectivity index (χ4v) is 2.19. The fraction of sp³-hybridized carbons (Fsp3) is 0.0476. The largest absolute Gasteiger partial charge is 0.508 e. The van der Waals surface area contributed by atoms with Gasteiger partial charge in [-0.2, -0.15) is 0 Å². The number of ether oxygens (including phenoxy) is 1. The second kappa shape index (κ2) is 7.32. The molecule has 0 aromatic heterocycles. The van der Waals surface area contributed by atoms with E-state index in [1.54, 1.807) is 12.1 Å². The van der Waals surface area contributed by atoms with Crippen LogP contribution in [0, 0.1) is 0 Å². The molecule has 3 aromatic carbocycles. The zero-order valence-electron chi connectivity index (χ0n) is 12.7. The first kappa shape index (κ1) is 14.9. The minimum atomic E-state index is 0.280. The minimum absolute atomic E-state index is 0.280. The molecule has 0 atom stereocenters. The van der Waals surface area contributed by atoms with Crippen LogP contribution in [0.4, 0.5) is 0 Å². The van der Waals surface area contributed by atoms with E-state index in [2.05, 4.69) is 12.1 Å². The number of hydrogen-bond donors (Lipinski definition) is 1. The highest BCUT2D eigenvalue weighted by Crippen LogP contribution is 2.17. The zero-order chi connectivity index (χ0) is 15.9. The van der Waals surface area contributed by atoms with Gasteiger partial charge >= 0.3 is 0 Å². The topological polar surface area (TPSA) is 29.5 Å². The molecule has 0 bridgehead atoms. The van der Waals surface area contributed by atoms with Crippen molar-refractivity contribution in [3.63, 3.8) is 0 Å². The third kappa shape index (κ3) is 4.48. The number of phenolic OH excluding ortho intramolecular Hbond substituents is 1. The Bertz CT molecular complexity index is 757. The molecule has 0 saturated heterocycles. The summed E-state index contributed by atoms with van der Waals surface area (Å²) in [5.41, 5.74) is 3.31. The normalized spacial score (nSPS) is 10.8. The highest BCUT2D eigenvalue weighted by atomic mass is 16.5. The SMILES string of the molecule is Oc1ccc(C=Cc2ccc(OCc3ccccc3)cc2)cc1. The van der Waals surface area contributed by atoms with Crippen molar-refractivity contribution in [1.29, 1.82) is 0 Å². The van der Waals surface area contributed by atoms with Gasteiger partial charge in [-0.1, -0.05) is 66.7 Å². The summed E-state index contributed by atoms with van der Waals surface area (Å²) in [5.74, 6) is 1.14. The van der Waals surface area contributed by atoms with Crippen LogP contribution >= 0.6 is 0 Å². The molecule has 0 aliphatic rings. The van der Waals surface area contributed by atoms with E-state index in [1.807, 2.05) is 66.7 Å². The fourth-order valence-electron chi connectivity index (χ4n) is 2.19. The predicted octanol–water partition coefficient (Wildman–Crippen LogP) is 5.14. The average Bonchev–Trinajstić information content (AvgIpc) is 2.61. The van der Waals surface area contributed by atoms with Gasteiger partial charge in [-0.15, -0.1) is 0 Å². The molecule has 3 rings (SSSR count). The van der Waals surface area contributed by atoms with E-state index < -0.39 is 0 Å². The van der Waals surface area contributed by atoms with Crippen LogP contribution < -0.4 is 4.74 Å². The molecule has 0 aliphatic carbocycles. The highest BCUT2D eigenvalue weighted by molar-refractivity contribution is 5.70. The molecule has 0 aliphatic heterocycles. The van der Waals surface area contributed by atoms with Crippen LogP contribution in [0.25, 0.3) is 12.2 Å². The van der Waals surface area contributed by atoms with Crippen molar-refractivity contribution in [1.82, 2.24) is 0 Å². The van der Waals surface area contributed by atoms with Crippen molar-refractivity contribution in [2.45, 2.75) is 6.61 Å². The smallest absolute Gasteiger partial charge is 0.119 e. The van der Waals surface area contributed by atoms with Crippen LogP contribution in [-0.4, -0.2) is 5.11 Å². The Balaban J connectivity index is 1.59. The predicted molar refractivity (Wildman–Crippen MR) is 94.3 cm³/mol. The third-order valence-electron chi connectivity index (χ3n) is 3.49. The molecule has 0 radical (unpaired) electrons. The van der Waals surface area contributed by atoms with Gasteiger partial charge < -0.3 is 9.84 Å². The summed E-state index contributed by atoms with van der Waals surface area (Å²) in [6, 6.07) is 25.2. The molecule has 1 N–H and O–H groups in total. The minimum Gasteiger partial charge on any atom is -0.508 e. The molecule has 2 heteroatoms. The first-order chi connectivity index (χ1) is 11.3. The number of rotatable bonds is 5. The van der Waals surface area contributed by atoms with Crippen LogP contribution in [-0.2, 0) is 6.61 Å². The molecule has 0 amide bonds. The molecular weight excluding hydrogens is 284 g/mol. The summed E-state index contributed by atoms with van der Waals surface area (Å²) in [7, 11) is 0. The van der Waals surface area contributed by atoms with Crippen LogP contribution in [0.15, 0.2) is 78.9 Å².